The van der Waals surface area contributed by atoms with Crippen LogP contribution in [-0.4, -0.2) is 18.2 Å². The van der Waals surface area contributed by atoms with Crippen LogP contribution in [0.15, 0.2) is 29.2 Å². The molecule has 1 amide bonds. The highest BCUT2D eigenvalue weighted by molar-refractivity contribution is 7.99. The lowest BCUT2D eigenvalue weighted by atomic mass is 10.2. The highest BCUT2D eigenvalue weighted by atomic mass is 32.2. The molecular weight excluding hydrogens is 230 g/mol. The van der Waals surface area contributed by atoms with Crippen LogP contribution in [0.4, 0.5) is 0 Å². The monoisotopic (exact) mass is 251 g/mol. The van der Waals surface area contributed by atoms with Crippen LogP contribution in [0.25, 0.3) is 0 Å². The van der Waals surface area contributed by atoms with E-state index in [1.54, 1.807) is 11.8 Å². The maximum absolute atomic E-state index is 12.0. The van der Waals surface area contributed by atoms with Crippen molar-refractivity contribution in [2.75, 3.05) is 12.3 Å². The van der Waals surface area contributed by atoms with Crippen LogP contribution < -0.4 is 5.32 Å². The Hall–Kier alpha value is -0.960. The average Bonchev–Trinajstić information content (AvgIpc) is 2.33. The summed E-state index contributed by atoms with van der Waals surface area (Å²) in [6.07, 6.45) is 1.12. The molecule has 17 heavy (non-hydrogen) atoms. The lowest BCUT2D eigenvalue weighted by molar-refractivity contribution is 0.0946. The van der Waals surface area contributed by atoms with E-state index in [9.17, 15) is 4.79 Å². The maximum Gasteiger partial charge on any atom is 0.252 e. The van der Waals surface area contributed by atoms with E-state index in [-0.39, 0.29) is 5.91 Å². The molecular formula is C14H21NOS. The molecule has 0 heterocycles. The van der Waals surface area contributed by atoms with Crippen LogP contribution in [0.5, 0.6) is 0 Å². The standard InChI is InChI=1S/C14H21NOS/c1-4-9-17-13-8-6-5-7-12(13)14(16)15-10-11(2)3/h5-8,11H,4,9-10H2,1-3H3,(H,15,16). The number of benzene rings is 1. The fourth-order valence-corrected chi connectivity index (χ4v) is 2.30. The molecule has 0 atom stereocenters. The molecule has 0 saturated heterocycles. The van der Waals surface area contributed by atoms with Crippen molar-refractivity contribution in [1.29, 1.82) is 0 Å². The highest BCUT2D eigenvalue weighted by Crippen LogP contribution is 2.23. The van der Waals surface area contributed by atoms with E-state index in [1.165, 1.54) is 0 Å². The molecule has 3 heteroatoms. The van der Waals surface area contributed by atoms with Crippen molar-refractivity contribution in [1.82, 2.24) is 5.32 Å². The van der Waals surface area contributed by atoms with Gasteiger partial charge in [-0.2, -0.15) is 0 Å². The van der Waals surface area contributed by atoms with Gasteiger partial charge in [0.1, 0.15) is 0 Å². The minimum Gasteiger partial charge on any atom is -0.352 e. The Bertz CT molecular complexity index is 363. The Morgan fingerprint density at radius 2 is 2.06 bits per heavy atom. The summed E-state index contributed by atoms with van der Waals surface area (Å²) in [6, 6.07) is 7.82. The molecule has 94 valence electrons. The third kappa shape index (κ3) is 4.82. The highest BCUT2D eigenvalue weighted by Gasteiger charge is 2.10. The van der Waals surface area contributed by atoms with E-state index < -0.39 is 0 Å². The first-order chi connectivity index (χ1) is 8.15. The van der Waals surface area contributed by atoms with Gasteiger partial charge in [-0.3, -0.25) is 4.79 Å². The van der Waals surface area contributed by atoms with Gasteiger partial charge in [0.15, 0.2) is 0 Å². The Morgan fingerprint density at radius 3 is 2.71 bits per heavy atom. The molecule has 0 bridgehead atoms. The quantitative estimate of drug-likeness (QED) is 0.783. The molecule has 2 nitrogen and oxygen atoms in total. The van der Waals surface area contributed by atoms with Crippen molar-refractivity contribution in [2.24, 2.45) is 5.92 Å². The molecule has 0 saturated carbocycles. The average molecular weight is 251 g/mol. The van der Waals surface area contributed by atoms with Crippen LogP contribution in [0.2, 0.25) is 0 Å². The zero-order valence-electron chi connectivity index (χ0n) is 10.8. The summed E-state index contributed by atoms with van der Waals surface area (Å²) in [7, 11) is 0. The van der Waals surface area contributed by atoms with Gasteiger partial charge in [0.05, 0.1) is 5.56 Å². The summed E-state index contributed by atoms with van der Waals surface area (Å²) in [5, 5.41) is 2.96. The van der Waals surface area contributed by atoms with E-state index >= 15 is 0 Å². The van der Waals surface area contributed by atoms with Gasteiger partial charge in [-0.05, 0) is 30.2 Å². The number of thioether (sulfide) groups is 1. The van der Waals surface area contributed by atoms with E-state index in [0.29, 0.717) is 5.92 Å². The van der Waals surface area contributed by atoms with Gasteiger partial charge in [-0.1, -0.05) is 32.9 Å². The molecule has 0 aliphatic heterocycles. The summed E-state index contributed by atoms with van der Waals surface area (Å²) >= 11 is 1.75. The number of hydrogen-bond donors (Lipinski definition) is 1. The predicted molar refractivity (Wildman–Crippen MR) is 74.6 cm³/mol. The third-order valence-corrected chi connectivity index (χ3v) is 3.54. The molecule has 0 unspecified atom stereocenters. The fraction of sp³-hybridized carbons (Fsp3) is 0.500. The minimum atomic E-state index is 0.0397. The first-order valence-electron chi connectivity index (χ1n) is 6.15. The number of nitrogens with one attached hydrogen (secondary N) is 1. The van der Waals surface area contributed by atoms with Crippen molar-refractivity contribution in [3.8, 4) is 0 Å². The normalized spacial score (nSPS) is 10.6. The number of carbonyl (C=O) groups excluding carboxylic acids is 1. The molecule has 0 aliphatic carbocycles. The summed E-state index contributed by atoms with van der Waals surface area (Å²) in [4.78, 5) is 13.1. The zero-order valence-corrected chi connectivity index (χ0v) is 11.6. The molecule has 1 N–H and O–H groups in total. The Kier molecular flexibility index (Phi) is 6.12. The van der Waals surface area contributed by atoms with Gasteiger partial charge in [-0.15, -0.1) is 11.8 Å². The molecule has 1 aromatic rings. The van der Waals surface area contributed by atoms with Crippen LogP contribution in [-0.2, 0) is 0 Å². The first kappa shape index (κ1) is 14.1. The van der Waals surface area contributed by atoms with Crippen LogP contribution >= 0.6 is 11.8 Å². The lowest BCUT2D eigenvalue weighted by Crippen LogP contribution is -2.27. The van der Waals surface area contributed by atoms with Crippen molar-refractivity contribution in [3.05, 3.63) is 29.8 Å². The zero-order chi connectivity index (χ0) is 12.7. The SMILES string of the molecule is CCCSc1ccccc1C(=O)NCC(C)C. The lowest BCUT2D eigenvalue weighted by Gasteiger charge is -2.10. The molecule has 0 fully saturated rings. The molecule has 0 aromatic heterocycles. The van der Waals surface area contributed by atoms with Crippen LogP contribution in [0, 0.1) is 5.92 Å². The van der Waals surface area contributed by atoms with Gasteiger partial charge in [-0.25, -0.2) is 0 Å². The van der Waals surface area contributed by atoms with Gasteiger partial charge in [0.2, 0.25) is 0 Å². The van der Waals surface area contributed by atoms with E-state index in [2.05, 4.69) is 26.1 Å². The fourth-order valence-electron chi connectivity index (χ4n) is 1.38. The molecule has 0 spiro atoms. The predicted octanol–water partition coefficient (Wildman–Crippen LogP) is 3.57. The smallest absolute Gasteiger partial charge is 0.252 e. The second-order valence-corrected chi connectivity index (χ2v) is 5.59. The largest absolute Gasteiger partial charge is 0.352 e. The number of amides is 1. The molecule has 0 aliphatic rings. The number of hydrogen-bond acceptors (Lipinski definition) is 2. The van der Waals surface area contributed by atoms with E-state index in [1.807, 2.05) is 24.3 Å². The summed E-state index contributed by atoms with van der Waals surface area (Å²) in [5.74, 6) is 1.57. The second kappa shape index (κ2) is 7.38. The van der Waals surface area contributed by atoms with Crippen molar-refractivity contribution >= 4 is 17.7 Å². The van der Waals surface area contributed by atoms with Crippen LogP contribution in [0.3, 0.4) is 0 Å². The topological polar surface area (TPSA) is 29.1 Å². The summed E-state index contributed by atoms with van der Waals surface area (Å²) in [5.41, 5.74) is 0.798. The Balaban J connectivity index is 2.70. The third-order valence-electron chi connectivity index (χ3n) is 2.26. The first-order valence-corrected chi connectivity index (χ1v) is 7.13. The molecule has 1 aromatic carbocycles. The van der Waals surface area contributed by atoms with Gasteiger partial charge in [0, 0.05) is 11.4 Å². The van der Waals surface area contributed by atoms with E-state index in [0.717, 1.165) is 29.2 Å². The molecule has 1 rings (SSSR count). The van der Waals surface area contributed by atoms with Crippen molar-refractivity contribution < 1.29 is 4.79 Å². The number of carbonyl (C=O) groups is 1. The van der Waals surface area contributed by atoms with Gasteiger partial charge >= 0.3 is 0 Å². The van der Waals surface area contributed by atoms with Crippen molar-refractivity contribution in [3.63, 3.8) is 0 Å². The molecule has 0 radical (unpaired) electrons. The minimum absolute atomic E-state index is 0.0397. The Morgan fingerprint density at radius 1 is 1.35 bits per heavy atom. The Labute approximate surface area is 108 Å². The summed E-state index contributed by atoms with van der Waals surface area (Å²) in [6.45, 7) is 7.07. The van der Waals surface area contributed by atoms with Gasteiger partial charge in [0.25, 0.3) is 5.91 Å². The maximum atomic E-state index is 12.0. The van der Waals surface area contributed by atoms with E-state index in [4.69, 9.17) is 0 Å². The summed E-state index contributed by atoms with van der Waals surface area (Å²) < 4.78 is 0. The van der Waals surface area contributed by atoms with Crippen molar-refractivity contribution in [2.45, 2.75) is 32.1 Å². The number of rotatable bonds is 6. The van der Waals surface area contributed by atoms with Gasteiger partial charge < -0.3 is 5.32 Å². The second-order valence-electron chi connectivity index (χ2n) is 4.45. The van der Waals surface area contributed by atoms with Crippen LogP contribution in [0.1, 0.15) is 37.6 Å².